The monoisotopic (exact) mass is 321 g/mol. The van der Waals surface area contributed by atoms with Crippen LogP contribution in [0.15, 0.2) is 28.7 Å². The second kappa shape index (κ2) is 6.37. The van der Waals surface area contributed by atoms with Gasteiger partial charge in [0.05, 0.1) is 9.72 Å². The molecule has 0 aromatic heterocycles. The van der Waals surface area contributed by atoms with Crippen LogP contribution < -0.4 is 9.46 Å². The lowest BCUT2D eigenvalue weighted by atomic mass is 10.3. The molecule has 0 aliphatic heterocycles. The SMILES string of the molecule is CC(C)S(=O)(=O)NCCOc1ccccc1Br. The highest BCUT2D eigenvalue weighted by molar-refractivity contribution is 9.10. The van der Waals surface area contributed by atoms with Gasteiger partial charge in [-0.05, 0) is 41.9 Å². The highest BCUT2D eigenvalue weighted by atomic mass is 79.9. The highest BCUT2D eigenvalue weighted by Gasteiger charge is 2.14. The Morgan fingerprint density at radius 1 is 1.35 bits per heavy atom. The molecule has 0 bridgehead atoms. The van der Waals surface area contributed by atoms with Gasteiger partial charge in [0.25, 0.3) is 0 Å². The van der Waals surface area contributed by atoms with E-state index in [2.05, 4.69) is 20.7 Å². The molecule has 1 aromatic rings. The molecule has 4 nitrogen and oxygen atoms in total. The average Bonchev–Trinajstić information content (AvgIpc) is 2.26. The van der Waals surface area contributed by atoms with Crippen molar-refractivity contribution in [3.8, 4) is 5.75 Å². The maximum Gasteiger partial charge on any atom is 0.214 e. The average molecular weight is 322 g/mol. The zero-order valence-corrected chi connectivity index (χ0v) is 12.2. The number of hydrogen-bond donors (Lipinski definition) is 1. The fourth-order valence-corrected chi connectivity index (χ4v) is 2.17. The van der Waals surface area contributed by atoms with Crippen LogP contribution >= 0.6 is 15.9 Å². The van der Waals surface area contributed by atoms with Gasteiger partial charge in [0.15, 0.2) is 0 Å². The third kappa shape index (κ3) is 4.65. The number of rotatable bonds is 6. The van der Waals surface area contributed by atoms with E-state index in [1.807, 2.05) is 24.3 Å². The van der Waals surface area contributed by atoms with Gasteiger partial charge in [-0.3, -0.25) is 0 Å². The lowest BCUT2D eigenvalue weighted by Crippen LogP contribution is -2.33. The molecule has 1 aromatic carbocycles. The van der Waals surface area contributed by atoms with E-state index in [1.165, 1.54) is 0 Å². The summed E-state index contributed by atoms with van der Waals surface area (Å²) in [5.41, 5.74) is 0. The molecule has 1 N–H and O–H groups in total. The summed E-state index contributed by atoms with van der Waals surface area (Å²) < 4.78 is 31.6. The maximum atomic E-state index is 11.4. The Kier molecular flexibility index (Phi) is 5.42. The molecule has 0 radical (unpaired) electrons. The largest absolute Gasteiger partial charge is 0.491 e. The van der Waals surface area contributed by atoms with E-state index in [0.717, 1.165) is 4.47 Å². The minimum absolute atomic E-state index is 0.266. The van der Waals surface area contributed by atoms with Gasteiger partial charge < -0.3 is 4.74 Å². The third-order valence-electron chi connectivity index (χ3n) is 2.12. The standard InChI is InChI=1S/C11H16BrNO3S/c1-9(2)17(14,15)13-7-8-16-11-6-4-3-5-10(11)12/h3-6,9,13H,7-8H2,1-2H3. The van der Waals surface area contributed by atoms with Crippen LogP contribution in [0.3, 0.4) is 0 Å². The summed E-state index contributed by atoms with van der Waals surface area (Å²) in [6.45, 7) is 3.84. The van der Waals surface area contributed by atoms with Crippen molar-refractivity contribution in [1.29, 1.82) is 0 Å². The minimum Gasteiger partial charge on any atom is -0.491 e. The summed E-state index contributed by atoms with van der Waals surface area (Å²) >= 11 is 3.35. The summed E-state index contributed by atoms with van der Waals surface area (Å²) in [6.07, 6.45) is 0. The van der Waals surface area contributed by atoms with E-state index < -0.39 is 15.3 Å². The molecule has 0 heterocycles. The molecule has 96 valence electrons. The molecular weight excluding hydrogens is 306 g/mol. The van der Waals surface area contributed by atoms with Crippen molar-refractivity contribution >= 4 is 26.0 Å². The van der Waals surface area contributed by atoms with Crippen LogP contribution in [0.5, 0.6) is 5.75 Å². The number of sulfonamides is 1. The first kappa shape index (κ1) is 14.5. The fraction of sp³-hybridized carbons (Fsp3) is 0.455. The van der Waals surface area contributed by atoms with Crippen LogP contribution in [-0.4, -0.2) is 26.8 Å². The van der Waals surface area contributed by atoms with E-state index >= 15 is 0 Å². The van der Waals surface area contributed by atoms with Gasteiger partial charge in [-0.2, -0.15) is 0 Å². The molecule has 0 unspecified atom stereocenters. The van der Waals surface area contributed by atoms with Gasteiger partial charge >= 0.3 is 0 Å². The van der Waals surface area contributed by atoms with E-state index in [9.17, 15) is 8.42 Å². The van der Waals surface area contributed by atoms with Gasteiger partial charge in [-0.15, -0.1) is 0 Å². The molecule has 0 fully saturated rings. The van der Waals surface area contributed by atoms with Crippen LogP contribution in [0.4, 0.5) is 0 Å². The molecule has 1 rings (SSSR count). The first-order valence-corrected chi connectivity index (χ1v) is 7.63. The Morgan fingerprint density at radius 3 is 2.59 bits per heavy atom. The Morgan fingerprint density at radius 2 is 2.00 bits per heavy atom. The molecule has 0 aliphatic rings. The molecule has 0 saturated heterocycles. The van der Waals surface area contributed by atoms with Gasteiger partial charge in [0.1, 0.15) is 12.4 Å². The van der Waals surface area contributed by atoms with E-state index in [0.29, 0.717) is 12.4 Å². The van der Waals surface area contributed by atoms with Gasteiger partial charge in [0, 0.05) is 6.54 Å². The van der Waals surface area contributed by atoms with Crippen LogP contribution in [-0.2, 0) is 10.0 Å². The van der Waals surface area contributed by atoms with Crippen LogP contribution in [0.1, 0.15) is 13.8 Å². The van der Waals surface area contributed by atoms with Gasteiger partial charge in [0.2, 0.25) is 10.0 Å². The zero-order valence-electron chi connectivity index (χ0n) is 9.81. The Hall–Kier alpha value is -0.590. The number of ether oxygens (including phenoxy) is 1. The Labute approximate surface area is 111 Å². The zero-order chi connectivity index (χ0) is 12.9. The van der Waals surface area contributed by atoms with E-state index in [4.69, 9.17) is 4.74 Å². The van der Waals surface area contributed by atoms with Crippen molar-refractivity contribution < 1.29 is 13.2 Å². The van der Waals surface area contributed by atoms with Crippen molar-refractivity contribution in [3.63, 3.8) is 0 Å². The predicted octanol–water partition coefficient (Wildman–Crippen LogP) is 2.16. The number of para-hydroxylation sites is 1. The Bertz CT molecular complexity index is 460. The molecule has 0 aliphatic carbocycles. The topological polar surface area (TPSA) is 55.4 Å². The summed E-state index contributed by atoms with van der Waals surface area (Å²) in [5.74, 6) is 0.705. The normalized spacial score (nSPS) is 11.8. The van der Waals surface area contributed by atoms with Crippen molar-refractivity contribution in [2.45, 2.75) is 19.1 Å². The molecule has 0 amide bonds. The number of benzene rings is 1. The first-order valence-electron chi connectivity index (χ1n) is 5.29. The van der Waals surface area contributed by atoms with Gasteiger partial charge in [-0.1, -0.05) is 12.1 Å². The number of halogens is 1. The minimum atomic E-state index is -3.20. The second-order valence-electron chi connectivity index (χ2n) is 3.77. The second-order valence-corrected chi connectivity index (χ2v) is 6.94. The highest BCUT2D eigenvalue weighted by Crippen LogP contribution is 2.23. The van der Waals surface area contributed by atoms with Crippen molar-refractivity contribution in [3.05, 3.63) is 28.7 Å². The van der Waals surface area contributed by atoms with Crippen molar-refractivity contribution in [2.75, 3.05) is 13.2 Å². The van der Waals surface area contributed by atoms with Gasteiger partial charge in [-0.25, -0.2) is 13.1 Å². The fourth-order valence-electron chi connectivity index (χ4n) is 1.07. The summed E-state index contributed by atoms with van der Waals surface area (Å²) in [6, 6.07) is 7.44. The molecule has 0 atom stereocenters. The van der Waals surface area contributed by atoms with Crippen molar-refractivity contribution in [1.82, 2.24) is 4.72 Å². The molecular formula is C11H16BrNO3S. The smallest absolute Gasteiger partial charge is 0.214 e. The lowest BCUT2D eigenvalue weighted by Gasteiger charge is -2.11. The van der Waals surface area contributed by atoms with Crippen LogP contribution in [0, 0.1) is 0 Å². The molecule has 0 saturated carbocycles. The first-order chi connectivity index (χ1) is 7.93. The quantitative estimate of drug-likeness (QED) is 0.817. The number of nitrogens with one attached hydrogen (secondary N) is 1. The molecule has 0 spiro atoms. The molecule has 6 heteroatoms. The maximum absolute atomic E-state index is 11.4. The summed E-state index contributed by atoms with van der Waals surface area (Å²) in [7, 11) is -3.20. The summed E-state index contributed by atoms with van der Waals surface area (Å²) in [5, 5.41) is -0.425. The predicted molar refractivity (Wildman–Crippen MR) is 71.7 cm³/mol. The third-order valence-corrected chi connectivity index (χ3v) is 4.62. The lowest BCUT2D eigenvalue weighted by molar-refractivity contribution is 0.320. The van der Waals surface area contributed by atoms with Crippen molar-refractivity contribution in [2.24, 2.45) is 0 Å². The van der Waals surface area contributed by atoms with E-state index in [-0.39, 0.29) is 6.54 Å². The van der Waals surface area contributed by atoms with E-state index in [1.54, 1.807) is 13.8 Å². The Balaban J connectivity index is 2.38. The van der Waals surface area contributed by atoms with Crippen LogP contribution in [0.2, 0.25) is 0 Å². The van der Waals surface area contributed by atoms with Crippen LogP contribution in [0.25, 0.3) is 0 Å². The summed E-state index contributed by atoms with van der Waals surface area (Å²) in [4.78, 5) is 0. The molecule has 17 heavy (non-hydrogen) atoms. The number of hydrogen-bond acceptors (Lipinski definition) is 3.